The average Bonchev–Trinajstić information content (AvgIpc) is 2.68. The molecule has 3 aliphatic rings. The van der Waals surface area contributed by atoms with Gasteiger partial charge in [-0.15, -0.1) is 0 Å². The monoisotopic (exact) mass is 355 g/mol. The highest BCUT2D eigenvalue weighted by atomic mass is 16.1. The summed E-state index contributed by atoms with van der Waals surface area (Å²) in [6.07, 6.45) is 9.41. The quantitative estimate of drug-likeness (QED) is 0.829. The number of hydrogen-bond donors (Lipinski definition) is 0. The zero-order chi connectivity index (χ0) is 17.9. The molecular formula is C22H33N3O. The molecule has 2 saturated heterocycles. The average molecular weight is 356 g/mol. The van der Waals surface area contributed by atoms with E-state index in [1.807, 2.05) is 0 Å². The smallest absolute Gasteiger partial charge is 0.143 e. The van der Waals surface area contributed by atoms with Crippen LogP contribution in [0.4, 0.5) is 5.69 Å². The minimum Gasteiger partial charge on any atom is -0.369 e. The number of carbonyl (C=O) groups is 1. The largest absolute Gasteiger partial charge is 0.369 e. The van der Waals surface area contributed by atoms with Crippen molar-refractivity contribution in [3.63, 3.8) is 0 Å². The maximum absolute atomic E-state index is 11.6. The van der Waals surface area contributed by atoms with Crippen molar-refractivity contribution < 1.29 is 4.79 Å². The van der Waals surface area contributed by atoms with Gasteiger partial charge in [0.25, 0.3) is 0 Å². The van der Waals surface area contributed by atoms with E-state index in [4.69, 9.17) is 0 Å². The van der Waals surface area contributed by atoms with Crippen molar-refractivity contribution in [1.29, 1.82) is 0 Å². The topological polar surface area (TPSA) is 26.8 Å². The first-order valence-electron chi connectivity index (χ1n) is 10.6. The maximum Gasteiger partial charge on any atom is 0.143 e. The third kappa shape index (κ3) is 3.81. The number of piperidine rings is 1. The second kappa shape index (κ2) is 8.10. The highest BCUT2D eigenvalue weighted by Gasteiger charge is 2.31. The van der Waals surface area contributed by atoms with E-state index >= 15 is 0 Å². The summed E-state index contributed by atoms with van der Waals surface area (Å²) in [6.45, 7) is 7.88. The van der Waals surface area contributed by atoms with Gasteiger partial charge in [0.15, 0.2) is 0 Å². The first-order valence-corrected chi connectivity index (χ1v) is 10.6. The Bertz CT molecular complexity index is 636. The molecule has 2 heterocycles. The van der Waals surface area contributed by atoms with E-state index in [-0.39, 0.29) is 0 Å². The van der Waals surface area contributed by atoms with E-state index in [1.165, 1.54) is 50.6 Å². The molecule has 0 amide bonds. The predicted molar refractivity (Wildman–Crippen MR) is 107 cm³/mol. The van der Waals surface area contributed by atoms with Gasteiger partial charge >= 0.3 is 0 Å². The summed E-state index contributed by atoms with van der Waals surface area (Å²) in [7, 11) is 0. The summed E-state index contributed by atoms with van der Waals surface area (Å²) in [6, 6.07) is 6.92. The molecule has 4 rings (SSSR count). The van der Waals surface area contributed by atoms with Crippen molar-refractivity contribution >= 4 is 11.5 Å². The number of hydrogen-bond acceptors (Lipinski definition) is 4. The molecule has 0 spiro atoms. The van der Waals surface area contributed by atoms with E-state index in [2.05, 4.69) is 32.9 Å². The van der Waals surface area contributed by atoms with Gasteiger partial charge in [-0.05, 0) is 69.1 Å². The zero-order valence-electron chi connectivity index (χ0n) is 16.3. The molecule has 1 atom stereocenters. The summed E-state index contributed by atoms with van der Waals surface area (Å²) in [5.41, 5.74) is 4.69. The summed E-state index contributed by atoms with van der Waals surface area (Å²) in [5.74, 6) is 0.298. The van der Waals surface area contributed by atoms with E-state index < -0.39 is 0 Å². The maximum atomic E-state index is 11.6. The van der Waals surface area contributed by atoms with Crippen LogP contribution in [0.5, 0.6) is 0 Å². The second-order valence-electron chi connectivity index (χ2n) is 8.29. The molecule has 2 fully saturated rings. The van der Waals surface area contributed by atoms with Gasteiger partial charge in [-0.25, -0.2) is 0 Å². The molecule has 1 aromatic carbocycles. The van der Waals surface area contributed by atoms with E-state index in [0.29, 0.717) is 18.5 Å². The normalized spacial score (nSPS) is 25.1. The van der Waals surface area contributed by atoms with E-state index in [9.17, 15) is 4.79 Å². The van der Waals surface area contributed by atoms with Crippen molar-refractivity contribution in [2.24, 2.45) is 0 Å². The third-order valence-corrected chi connectivity index (χ3v) is 6.45. The van der Waals surface area contributed by atoms with Crippen LogP contribution in [-0.2, 0) is 17.6 Å². The first kappa shape index (κ1) is 18.0. The Morgan fingerprint density at radius 3 is 2.62 bits per heavy atom. The Kier molecular flexibility index (Phi) is 5.60. The lowest BCUT2D eigenvalue weighted by molar-refractivity contribution is -0.120. The number of fused-ring (bicyclic) bond motifs is 1. The number of likely N-dealkylation sites (tertiary alicyclic amines) is 1. The first-order chi connectivity index (χ1) is 12.7. The molecule has 2 aliphatic heterocycles. The number of aryl methyl sites for hydroxylation is 1. The number of ketones is 1. The fourth-order valence-corrected chi connectivity index (χ4v) is 5.18. The Labute approximate surface area is 158 Å². The molecule has 0 bridgehead atoms. The van der Waals surface area contributed by atoms with Crippen LogP contribution >= 0.6 is 0 Å². The fraction of sp³-hybridized carbons (Fsp3) is 0.682. The molecule has 26 heavy (non-hydrogen) atoms. The molecule has 142 valence electrons. The van der Waals surface area contributed by atoms with Crippen LogP contribution in [0.15, 0.2) is 18.2 Å². The minimum absolute atomic E-state index is 0.298. The molecular weight excluding hydrogens is 322 g/mol. The van der Waals surface area contributed by atoms with Gasteiger partial charge in [0.05, 0.1) is 12.7 Å². The Balaban J connectivity index is 1.42. The fourth-order valence-electron chi connectivity index (χ4n) is 5.18. The number of benzene rings is 1. The lowest BCUT2D eigenvalue weighted by Gasteiger charge is -2.46. The van der Waals surface area contributed by atoms with Gasteiger partial charge in [-0.2, -0.15) is 0 Å². The van der Waals surface area contributed by atoms with Gasteiger partial charge < -0.3 is 4.90 Å². The number of Topliss-reactive ketones (excluding diaryl/α,β-unsaturated/α-hetero) is 1. The van der Waals surface area contributed by atoms with Crippen molar-refractivity contribution in [1.82, 2.24) is 9.80 Å². The van der Waals surface area contributed by atoms with Gasteiger partial charge in [0.1, 0.15) is 5.78 Å². The van der Waals surface area contributed by atoms with E-state index in [0.717, 1.165) is 32.7 Å². The molecule has 1 aliphatic carbocycles. The molecule has 0 radical (unpaired) electrons. The van der Waals surface area contributed by atoms with Crippen LogP contribution in [0.2, 0.25) is 0 Å². The van der Waals surface area contributed by atoms with Gasteiger partial charge in [0, 0.05) is 38.4 Å². The number of carbonyl (C=O) groups excluding carboxylic acids is 1. The van der Waals surface area contributed by atoms with Crippen LogP contribution in [-0.4, -0.2) is 61.0 Å². The number of rotatable bonds is 4. The third-order valence-electron chi connectivity index (χ3n) is 6.45. The predicted octanol–water partition coefficient (Wildman–Crippen LogP) is 3.09. The van der Waals surface area contributed by atoms with Crippen LogP contribution in [0.3, 0.4) is 0 Å². The van der Waals surface area contributed by atoms with Crippen molar-refractivity contribution in [2.45, 2.75) is 58.0 Å². The molecule has 0 saturated carbocycles. The Morgan fingerprint density at radius 2 is 1.81 bits per heavy atom. The van der Waals surface area contributed by atoms with Gasteiger partial charge in [-0.1, -0.05) is 12.1 Å². The summed E-state index contributed by atoms with van der Waals surface area (Å²) >= 11 is 0. The van der Waals surface area contributed by atoms with Gasteiger partial charge in [0.2, 0.25) is 0 Å². The standard InChI is InChI=1S/C22H33N3O/c1-18(26)17-25-12-5-4-11-22(25)24-15-13-23(14-16-24)21-10-6-8-19-7-2-3-9-20(19)21/h6,8,10,22H,2-5,7,9,11-17H2,1H3. The molecule has 0 N–H and O–H groups in total. The minimum atomic E-state index is 0.298. The van der Waals surface area contributed by atoms with Gasteiger partial charge in [-0.3, -0.25) is 14.6 Å². The Morgan fingerprint density at radius 1 is 1.00 bits per heavy atom. The van der Waals surface area contributed by atoms with Crippen molar-refractivity contribution in [2.75, 3.05) is 44.2 Å². The zero-order valence-corrected chi connectivity index (χ0v) is 16.3. The van der Waals surface area contributed by atoms with Crippen LogP contribution in [0.25, 0.3) is 0 Å². The molecule has 1 unspecified atom stereocenters. The summed E-state index contributed by atoms with van der Waals surface area (Å²) < 4.78 is 0. The lowest BCUT2D eigenvalue weighted by atomic mass is 9.90. The van der Waals surface area contributed by atoms with Crippen LogP contribution < -0.4 is 4.90 Å². The molecule has 4 nitrogen and oxygen atoms in total. The van der Waals surface area contributed by atoms with Crippen molar-refractivity contribution in [3.8, 4) is 0 Å². The SMILES string of the molecule is CC(=O)CN1CCCCC1N1CCN(c2cccc3c2CCCC3)CC1. The van der Waals surface area contributed by atoms with Crippen molar-refractivity contribution in [3.05, 3.63) is 29.3 Å². The molecule has 1 aromatic rings. The molecule has 0 aromatic heterocycles. The summed E-state index contributed by atoms with van der Waals surface area (Å²) in [4.78, 5) is 19.3. The molecule has 4 heteroatoms. The number of anilines is 1. The highest BCUT2D eigenvalue weighted by Crippen LogP contribution is 2.31. The number of piperazine rings is 1. The number of nitrogens with zero attached hydrogens (tertiary/aromatic N) is 3. The Hall–Kier alpha value is -1.39. The van der Waals surface area contributed by atoms with Crippen LogP contribution in [0, 0.1) is 0 Å². The lowest BCUT2D eigenvalue weighted by Crippen LogP contribution is -2.58. The second-order valence-corrected chi connectivity index (χ2v) is 8.29. The highest BCUT2D eigenvalue weighted by molar-refractivity contribution is 5.77. The van der Waals surface area contributed by atoms with E-state index in [1.54, 1.807) is 18.1 Å². The van der Waals surface area contributed by atoms with Crippen LogP contribution in [0.1, 0.15) is 50.2 Å². The summed E-state index contributed by atoms with van der Waals surface area (Å²) in [5, 5.41) is 0.